The average molecular weight is 416 g/mol. The quantitative estimate of drug-likeness (QED) is 0.642. The van der Waals surface area contributed by atoms with E-state index in [1.165, 1.54) is 38.4 Å². The predicted molar refractivity (Wildman–Crippen MR) is 112 cm³/mol. The van der Waals surface area contributed by atoms with E-state index in [0.29, 0.717) is 12.1 Å². The number of carbonyl (C=O) groups is 1. The van der Waals surface area contributed by atoms with E-state index in [-0.39, 0.29) is 16.8 Å². The van der Waals surface area contributed by atoms with Crippen molar-refractivity contribution in [2.75, 3.05) is 34.7 Å². The third-order valence-corrected chi connectivity index (χ3v) is 6.58. The van der Waals surface area contributed by atoms with Gasteiger partial charge in [0.1, 0.15) is 11.3 Å². The molecule has 7 nitrogen and oxygen atoms in total. The normalized spacial score (nSPS) is 13.2. The van der Waals surface area contributed by atoms with E-state index in [9.17, 15) is 13.2 Å². The Morgan fingerprint density at radius 2 is 1.69 bits per heavy atom. The van der Waals surface area contributed by atoms with Crippen LogP contribution in [0.3, 0.4) is 0 Å². The lowest BCUT2D eigenvalue weighted by atomic mass is 10.1. The second-order valence-corrected chi connectivity index (χ2v) is 9.34. The Balaban J connectivity index is 1.72. The molecule has 2 aromatic carbocycles. The number of nitrogens with one attached hydrogen (secondary N) is 1. The van der Waals surface area contributed by atoms with Crippen molar-refractivity contribution in [3.8, 4) is 0 Å². The smallest absolute Gasteiger partial charge is 0.251 e. The Morgan fingerprint density at radius 3 is 2.28 bits per heavy atom. The van der Waals surface area contributed by atoms with Crippen molar-refractivity contribution in [3.63, 3.8) is 0 Å². The number of hydrogen-bond donors (Lipinski definition) is 1. The Hall–Kier alpha value is -2.68. The molecule has 0 radical (unpaired) electrons. The van der Waals surface area contributed by atoms with Gasteiger partial charge in [0.2, 0.25) is 10.0 Å². The lowest BCUT2D eigenvalue weighted by Gasteiger charge is -2.22. The molecule has 3 aromatic rings. The third kappa shape index (κ3) is 4.50. The Morgan fingerprint density at radius 1 is 1.03 bits per heavy atom. The van der Waals surface area contributed by atoms with Gasteiger partial charge in [-0.25, -0.2) is 12.7 Å². The highest BCUT2D eigenvalue weighted by atomic mass is 32.2. The number of para-hydroxylation sites is 1. The number of amides is 1. The summed E-state index contributed by atoms with van der Waals surface area (Å²) in [5.41, 5.74) is 1.20. The highest BCUT2D eigenvalue weighted by Gasteiger charge is 2.21. The lowest BCUT2D eigenvalue weighted by molar-refractivity contribution is 0.0939. The summed E-state index contributed by atoms with van der Waals surface area (Å²) < 4.78 is 31.4. The minimum atomic E-state index is -3.52. The van der Waals surface area contributed by atoms with Gasteiger partial charge in [0.15, 0.2) is 0 Å². The van der Waals surface area contributed by atoms with Crippen molar-refractivity contribution in [1.82, 2.24) is 14.5 Å². The Labute approximate surface area is 171 Å². The number of carbonyl (C=O) groups excluding carboxylic acids is 1. The van der Waals surface area contributed by atoms with Crippen LogP contribution < -0.4 is 5.32 Å². The number of likely N-dealkylation sites (N-methyl/N-ethyl adjacent to an activating group) is 1. The van der Waals surface area contributed by atoms with E-state index in [2.05, 4.69) is 5.32 Å². The Bertz CT molecular complexity index is 1070. The van der Waals surface area contributed by atoms with Gasteiger partial charge in [0.25, 0.3) is 5.91 Å². The number of sulfonamides is 1. The van der Waals surface area contributed by atoms with Crippen molar-refractivity contribution >= 4 is 26.9 Å². The zero-order valence-corrected chi connectivity index (χ0v) is 17.7. The molecule has 29 heavy (non-hydrogen) atoms. The summed E-state index contributed by atoms with van der Waals surface area (Å²) in [6, 6.07) is 15.5. The van der Waals surface area contributed by atoms with Gasteiger partial charge in [0, 0.05) is 31.6 Å². The topological polar surface area (TPSA) is 82.9 Å². The van der Waals surface area contributed by atoms with Crippen LogP contribution in [0.1, 0.15) is 22.2 Å². The number of fused-ring (bicyclic) bond motifs is 1. The van der Waals surface area contributed by atoms with Crippen molar-refractivity contribution in [1.29, 1.82) is 0 Å². The van der Waals surface area contributed by atoms with Crippen molar-refractivity contribution in [2.45, 2.75) is 10.9 Å². The summed E-state index contributed by atoms with van der Waals surface area (Å²) in [6.07, 6.45) is 0. The molecule has 0 bridgehead atoms. The standard InChI is InChI=1S/C21H25N3O4S/c1-23(2)18(20-13-16-7-5-6-8-19(16)28-20)14-22-21(25)15-9-11-17(12-10-15)29(26,27)24(3)4/h5-13,18H,14H2,1-4H3,(H,22,25). The molecule has 1 N–H and O–H groups in total. The first-order chi connectivity index (χ1) is 13.7. The van der Waals surface area contributed by atoms with E-state index < -0.39 is 10.0 Å². The second-order valence-electron chi connectivity index (χ2n) is 7.19. The fraction of sp³-hybridized carbons (Fsp3) is 0.286. The summed E-state index contributed by atoms with van der Waals surface area (Å²) in [7, 11) is 3.26. The fourth-order valence-corrected chi connectivity index (χ4v) is 3.89. The number of benzene rings is 2. The molecule has 3 rings (SSSR count). The monoisotopic (exact) mass is 415 g/mol. The van der Waals surface area contributed by atoms with Crippen LogP contribution in [-0.4, -0.2) is 58.3 Å². The molecule has 1 heterocycles. The van der Waals surface area contributed by atoms with E-state index in [4.69, 9.17) is 4.42 Å². The molecule has 8 heteroatoms. The molecule has 154 valence electrons. The minimum Gasteiger partial charge on any atom is -0.459 e. The van der Waals surface area contributed by atoms with Crippen LogP contribution in [-0.2, 0) is 10.0 Å². The van der Waals surface area contributed by atoms with Gasteiger partial charge in [-0.05, 0) is 50.5 Å². The van der Waals surface area contributed by atoms with E-state index in [0.717, 1.165) is 21.0 Å². The van der Waals surface area contributed by atoms with E-state index in [1.807, 2.05) is 49.3 Å². The zero-order chi connectivity index (χ0) is 21.2. The maximum absolute atomic E-state index is 12.5. The summed E-state index contributed by atoms with van der Waals surface area (Å²) in [6.45, 7) is 0.351. The minimum absolute atomic E-state index is 0.139. The molecule has 0 aliphatic heterocycles. The molecule has 0 aliphatic rings. The van der Waals surface area contributed by atoms with E-state index >= 15 is 0 Å². The summed E-state index contributed by atoms with van der Waals surface area (Å²) in [4.78, 5) is 14.7. The van der Waals surface area contributed by atoms with Crippen molar-refractivity contribution in [3.05, 3.63) is 65.9 Å². The highest BCUT2D eigenvalue weighted by Crippen LogP contribution is 2.26. The second kappa shape index (κ2) is 8.36. The first kappa shape index (κ1) is 21.0. The largest absolute Gasteiger partial charge is 0.459 e. The van der Waals surface area contributed by atoms with Crippen molar-refractivity contribution < 1.29 is 17.6 Å². The molecule has 1 atom stereocenters. The maximum Gasteiger partial charge on any atom is 0.251 e. The third-order valence-electron chi connectivity index (χ3n) is 4.75. The number of hydrogen-bond acceptors (Lipinski definition) is 5. The van der Waals surface area contributed by atoms with Gasteiger partial charge in [-0.2, -0.15) is 0 Å². The molecule has 0 saturated carbocycles. The van der Waals surface area contributed by atoms with Crippen LogP contribution in [0.15, 0.2) is 63.9 Å². The molecule has 0 spiro atoms. The summed E-state index contributed by atoms with van der Waals surface area (Å²) >= 11 is 0. The molecular formula is C21H25N3O4S. The lowest BCUT2D eigenvalue weighted by Crippen LogP contribution is -2.34. The molecule has 1 unspecified atom stereocenters. The van der Waals surface area contributed by atoms with Crippen LogP contribution in [0.4, 0.5) is 0 Å². The van der Waals surface area contributed by atoms with Crippen LogP contribution >= 0.6 is 0 Å². The van der Waals surface area contributed by atoms with Crippen LogP contribution in [0.5, 0.6) is 0 Å². The maximum atomic E-state index is 12.5. The molecule has 0 aliphatic carbocycles. The number of nitrogens with zero attached hydrogens (tertiary/aromatic N) is 2. The van der Waals surface area contributed by atoms with Gasteiger partial charge in [-0.1, -0.05) is 18.2 Å². The van der Waals surface area contributed by atoms with Crippen LogP contribution in [0.2, 0.25) is 0 Å². The van der Waals surface area contributed by atoms with Crippen LogP contribution in [0.25, 0.3) is 11.0 Å². The van der Waals surface area contributed by atoms with Crippen LogP contribution in [0, 0.1) is 0 Å². The van der Waals surface area contributed by atoms with Gasteiger partial charge in [-0.3, -0.25) is 9.69 Å². The average Bonchev–Trinajstić information content (AvgIpc) is 3.11. The first-order valence-corrected chi connectivity index (χ1v) is 10.6. The first-order valence-electron chi connectivity index (χ1n) is 9.16. The van der Waals surface area contributed by atoms with E-state index in [1.54, 1.807) is 0 Å². The number of furan rings is 1. The van der Waals surface area contributed by atoms with Gasteiger partial charge in [-0.15, -0.1) is 0 Å². The van der Waals surface area contributed by atoms with Gasteiger partial charge in [0.05, 0.1) is 10.9 Å². The summed E-state index contributed by atoms with van der Waals surface area (Å²) in [5, 5.41) is 3.92. The Kier molecular flexibility index (Phi) is 6.07. The molecule has 1 aromatic heterocycles. The molecule has 1 amide bonds. The SMILES string of the molecule is CN(C)C(CNC(=O)c1ccc(S(=O)(=O)N(C)C)cc1)c1cc2ccccc2o1. The fourth-order valence-electron chi connectivity index (χ4n) is 2.98. The number of rotatable bonds is 7. The molecular weight excluding hydrogens is 390 g/mol. The van der Waals surface area contributed by atoms with Gasteiger partial charge < -0.3 is 9.73 Å². The predicted octanol–water partition coefficient (Wildman–Crippen LogP) is 2.72. The molecule has 0 saturated heterocycles. The summed E-state index contributed by atoms with van der Waals surface area (Å²) in [5.74, 6) is 0.491. The van der Waals surface area contributed by atoms with Crippen molar-refractivity contribution in [2.24, 2.45) is 0 Å². The van der Waals surface area contributed by atoms with Gasteiger partial charge >= 0.3 is 0 Å². The highest BCUT2D eigenvalue weighted by molar-refractivity contribution is 7.89. The zero-order valence-electron chi connectivity index (χ0n) is 16.9. The molecule has 0 fully saturated rings.